The maximum absolute atomic E-state index is 5.51. The molecule has 22 heavy (non-hydrogen) atoms. The zero-order valence-electron chi connectivity index (χ0n) is 12.0. The highest BCUT2D eigenvalue weighted by molar-refractivity contribution is 9.10. The molecular weight excluding hydrogens is 410 g/mol. The molecule has 0 fully saturated rings. The highest BCUT2D eigenvalue weighted by Gasteiger charge is 2.11. The van der Waals surface area contributed by atoms with Gasteiger partial charge >= 0.3 is 0 Å². The van der Waals surface area contributed by atoms with Crippen LogP contribution in [0.15, 0.2) is 45.3 Å². The highest BCUT2D eigenvalue weighted by Crippen LogP contribution is 2.36. The second kappa shape index (κ2) is 8.11. The van der Waals surface area contributed by atoms with E-state index in [1.807, 2.05) is 36.4 Å². The number of ether oxygens (including phenoxy) is 2. The third-order valence-electron chi connectivity index (χ3n) is 2.93. The summed E-state index contributed by atoms with van der Waals surface area (Å²) in [4.78, 5) is 0. The van der Waals surface area contributed by atoms with E-state index in [0.717, 1.165) is 20.2 Å². The van der Waals surface area contributed by atoms with Crippen LogP contribution in [0.3, 0.4) is 0 Å². The SMILES string of the molecule is C#CCOc1c(Br)cc(CNc2ccc(Br)cc2)cc1OC. The Morgan fingerprint density at radius 2 is 1.91 bits per heavy atom. The molecule has 2 aromatic rings. The second-order valence-corrected chi connectivity index (χ2v) is 6.23. The molecular formula is C17H15Br2NO2. The summed E-state index contributed by atoms with van der Waals surface area (Å²) in [5.41, 5.74) is 2.12. The molecule has 0 saturated carbocycles. The van der Waals surface area contributed by atoms with Gasteiger partial charge in [0.05, 0.1) is 11.6 Å². The van der Waals surface area contributed by atoms with Crippen LogP contribution >= 0.6 is 31.9 Å². The van der Waals surface area contributed by atoms with Crippen LogP contribution in [0, 0.1) is 12.3 Å². The van der Waals surface area contributed by atoms with Gasteiger partial charge in [-0.2, -0.15) is 0 Å². The third-order valence-corrected chi connectivity index (χ3v) is 4.05. The minimum atomic E-state index is 0.200. The first-order valence-corrected chi connectivity index (χ1v) is 8.14. The molecule has 0 spiro atoms. The standard InChI is InChI=1S/C17H15Br2NO2/c1-3-8-22-17-15(19)9-12(10-16(17)21-2)11-20-14-6-4-13(18)5-7-14/h1,4-7,9-10,20H,8,11H2,2H3. The molecule has 0 aliphatic carbocycles. The van der Waals surface area contributed by atoms with Crippen LogP contribution in [-0.2, 0) is 6.54 Å². The largest absolute Gasteiger partial charge is 0.493 e. The van der Waals surface area contributed by atoms with Crippen molar-refractivity contribution in [2.75, 3.05) is 19.0 Å². The van der Waals surface area contributed by atoms with Gasteiger partial charge < -0.3 is 14.8 Å². The zero-order chi connectivity index (χ0) is 15.9. The summed E-state index contributed by atoms with van der Waals surface area (Å²) in [5.74, 6) is 3.71. The number of benzene rings is 2. The Hall–Kier alpha value is -1.64. The summed E-state index contributed by atoms with van der Waals surface area (Å²) in [7, 11) is 1.61. The summed E-state index contributed by atoms with van der Waals surface area (Å²) in [6.07, 6.45) is 5.23. The lowest BCUT2D eigenvalue weighted by Gasteiger charge is -2.14. The van der Waals surface area contributed by atoms with Crippen molar-refractivity contribution in [2.24, 2.45) is 0 Å². The van der Waals surface area contributed by atoms with Crippen LogP contribution in [0.1, 0.15) is 5.56 Å². The van der Waals surface area contributed by atoms with Gasteiger partial charge in [-0.3, -0.25) is 0 Å². The lowest BCUT2D eigenvalue weighted by molar-refractivity contribution is 0.328. The van der Waals surface area contributed by atoms with Crippen LogP contribution in [0.4, 0.5) is 5.69 Å². The molecule has 0 radical (unpaired) electrons. The van der Waals surface area contributed by atoms with Crippen LogP contribution in [0.25, 0.3) is 0 Å². The van der Waals surface area contributed by atoms with Gasteiger partial charge in [0, 0.05) is 16.7 Å². The summed E-state index contributed by atoms with van der Waals surface area (Å²) < 4.78 is 12.7. The van der Waals surface area contributed by atoms with E-state index in [2.05, 4.69) is 43.1 Å². The van der Waals surface area contributed by atoms with Gasteiger partial charge in [0.15, 0.2) is 11.5 Å². The number of halogens is 2. The molecule has 0 amide bonds. The molecule has 0 unspecified atom stereocenters. The number of hydrogen-bond acceptors (Lipinski definition) is 3. The predicted octanol–water partition coefficient (Wildman–Crippen LogP) is 4.84. The van der Waals surface area contributed by atoms with E-state index in [9.17, 15) is 0 Å². The van der Waals surface area contributed by atoms with Gasteiger partial charge in [-0.15, -0.1) is 6.42 Å². The van der Waals surface area contributed by atoms with E-state index in [4.69, 9.17) is 15.9 Å². The van der Waals surface area contributed by atoms with Crippen molar-refractivity contribution in [2.45, 2.75) is 6.54 Å². The molecule has 0 aliphatic heterocycles. The summed E-state index contributed by atoms with van der Waals surface area (Å²) in [5, 5.41) is 3.36. The van der Waals surface area contributed by atoms with E-state index in [0.29, 0.717) is 18.0 Å². The lowest BCUT2D eigenvalue weighted by Crippen LogP contribution is -2.02. The van der Waals surface area contributed by atoms with Gasteiger partial charge in [0.2, 0.25) is 0 Å². The van der Waals surface area contributed by atoms with Gasteiger partial charge in [0.1, 0.15) is 6.61 Å². The Labute approximate surface area is 147 Å². The van der Waals surface area contributed by atoms with E-state index < -0.39 is 0 Å². The Bertz CT molecular complexity index is 678. The summed E-state index contributed by atoms with van der Waals surface area (Å²) >= 11 is 6.92. The second-order valence-electron chi connectivity index (χ2n) is 4.46. The van der Waals surface area contributed by atoms with Crippen LogP contribution < -0.4 is 14.8 Å². The van der Waals surface area contributed by atoms with E-state index in [1.165, 1.54) is 0 Å². The molecule has 1 N–H and O–H groups in total. The monoisotopic (exact) mass is 423 g/mol. The number of anilines is 1. The molecule has 0 saturated heterocycles. The molecule has 114 valence electrons. The Morgan fingerprint density at radius 3 is 2.55 bits per heavy atom. The molecule has 0 aromatic heterocycles. The normalized spacial score (nSPS) is 9.91. The molecule has 0 bridgehead atoms. The average Bonchev–Trinajstić information content (AvgIpc) is 2.53. The maximum Gasteiger partial charge on any atom is 0.176 e. The van der Waals surface area contributed by atoms with Crippen molar-refractivity contribution in [1.29, 1.82) is 0 Å². The maximum atomic E-state index is 5.51. The van der Waals surface area contributed by atoms with Crippen molar-refractivity contribution in [3.8, 4) is 23.8 Å². The van der Waals surface area contributed by atoms with E-state index >= 15 is 0 Å². The van der Waals surface area contributed by atoms with E-state index in [1.54, 1.807) is 7.11 Å². The average molecular weight is 425 g/mol. The first-order chi connectivity index (χ1) is 10.6. The van der Waals surface area contributed by atoms with Crippen molar-refractivity contribution >= 4 is 37.5 Å². The summed E-state index contributed by atoms with van der Waals surface area (Å²) in [6.45, 7) is 0.872. The fraction of sp³-hybridized carbons (Fsp3) is 0.176. The van der Waals surface area contributed by atoms with Crippen molar-refractivity contribution in [3.05, 3.63) is 50.9 Å². The third kappa shape index (κ3) is 4.43. The molecule has 3 nitrogen and oxygen atoms in total. The number of hydrogen-bond donors (Lipinski definition) is 1. The lowest BCUT2D eigenvalue weighted by atomic mass is 10.2. The molecule has 5 heteroatoms. The summed E-state index contributed by atoms with van der Waals surface area (Å²) in [6, 6.07) is 11.9. The fourth-order valence-electron chi connectivity index (χ4n) is 1.90. The number of nitrogens with one attached hydrogen (secondary N) is 1. The zero-order valence-corrected chi connectivity index (χ0v) is 15.2. The Balaban J connectivity index is 2.13. The smallest absolute Gasteiger partial charge is 0.176 e. The van der Waals surface area contributed by atoms with Crippen LogP contribution in [-0.4, -0.2) is 13.7 Å². The van der Waals surface area contributed by atoms with Crippen LogP contribution in [0.2, 0.25) is 0 Å². The Morgan fingerprint density at radius 1 is 1.18 bits per heavy atom. The predicted molar refractivity (Wildman–Crippen MR) is 96.5 cm³/mol. The van der Waals surface area contributed by atoms with Crippen molar-refractivity contribution < 1.29 is 9.47 Å². The van der Waals surface area contributed by atoms with Gasteiger partial charge in [0.25, 0.3) is 0 Å². The first kappa shape index (κ1) is 16.7. The molecule has 2 rings (SSSR count). The Kier molecular flexibility index (Phi) is 6.17. The van der Waals surface area contributed by atoms with Crippen molar-refractivity contribution in [3.63, 3.8) is 0 Å². The van der Waals surface area contributed by atoms with E-state index in [-0.39, 0.29) is 6.61 Å². The van der Waals surface area contributed by atoms with Crippen molar-refractivity contribution in [1.82, 2.24) is 0 Å². The van der Waals surface area contributed by atoms with Gasteiger partial charge in [-0.1, -0.05) is 21.9 Å². The molecule has 0 aliphatic rings. The minimum absolute atomic E-state index is 0.200. The topological polar surface area (TPSA) is 30.5 Å². The minimum Gasteiger partial charge on any atom is -0.493 e. The fourth-order valence-corrected chi connectivity index (χ4v) is 2.77. The first-order valence-electron chi connectivity index (χ1n) is 6.56. The highest BCUT2D eigenvalue weighted by atomic mass is 79.9. The van der Waals surface area contributed by atoms with Gasteiger partial charge in [-0.05, 0) is 57.9 Å². The van der Waals surface area contributed by atoms with Gasteiger partial charge in [-0.25, -0.2) is 0 Å². The number of methoxy groups -OCH3 is 1. The number of terminal acetylenes is 1. The van der Waals surface area contributed by atoms with Crippen LogP contribution in [0.5, 0.6) is 11.5 Å². The molecule has 0 heterocycles. The molecule has 2 aromatic carbocycles. The number of rotatable bonds is 6. The molecule has 0 atom stereocenters. The quantitative estimate of drug-likeness (QED) is 0.672.